The number of benzene rings is 2. The number of carbonyl (C=O) groups excluding carboxylic acids is 1. The number of hydrogen-bond acceptors (Lipinski definition) is 2. The van der Waals surface area contributed by atoms with E-state index in [0.29, 0.717) is 5.52 Å². The standard InChI is InChI=1S/C17H14F3N3O2/c18-17(19,20)12-7-5-11(6-8-12)15(24)21-9-10-23-14-4-2-1-3-13(14)22-16(23)25/h1-8H,9-10H2,(H,21,24)(H,22,25). The van der Waals surface area contributed by atoms with Crippen LogP contribution in [0.4, 0.5) is 13.2 Å². The van der Waals surface area contributed by atoms with Crippen LogP contribution in [0.15, 0.2) is 53.3 Å². The number of imidazole rings is 1. The number of amides is 1. The summed E-state index contributed by atoms with van der Waals surface area (Å²) in [6.07, 6.45) is -4.44. The van der Waals surface area contributed by atoms with Crippen LogP contribution in [0.2, 0.25) is 0 Å². The average molecular weight is 349 g/mol. The molecule has 2 aromatic carbocycles. The third-order valence-corrected chi connectivity index (χ3v) is 3.78. The lowest BCUT2D eigenvalue weighted by molar-refractivity contribution is -0.137. The first kappa shape index (κ1) is 16.8. The van der Waals surface area contributed by atoms with Gasteiger partial charge < -0.3 is 10.3 Å². The van der Waals surface area contributed by atoms with Crippen molar-refractivity contribution in [2.24, 2.45) is 0 Å². The van der Waals surface area contributed by atoms with E-state index in [1.807, 2.05) is 0 Å². The number of aromatic amines is 1. The van der Waals surface area contributed by atoms with E-state index < -0.39 is 17.6 Å². The number of hydrogen-bond donors (Lipinski definition) is 2. The molecule has 0 aliphatic carbocycles. The van der Waals surface area contributed by atoms with Gasteiger partial charge in [0.15, 0.2) is 0 Å². The summed E-state index contributed by atoms with van der Waals surface area (Å²) in [7, 11) is 0. The average Bonchev–Trinajstić information content (AvgIpc) is 2.90. The van der Waals surface area contributed by atoms with Gasteiger partial charge in [0.1, 0.15) is 0 Å². The number of rotatable bonds is 4. The molecule has 0 radical (unpaired) electrons. The predicted molar refractivity (Wildman–Crippen MR) is 86.3 cm³/mol. The maximum atomic E-state index is 12.5. The Morgan fingerprint density at radius 3 is 2.44 bits per heavy atom. The first-order valence-electron chi connectivity index (χ1n) is 7.49. The first-order valence-corrected chi connectivity index (χ1v) is 7.49. The molecule has 0 atom stereocenters. The Hall–Kier alpha value is -3.03. The minimum Gasteiger partial charge on any atom is -0.350 e. The zero-order valence-electron chi connectivity index (χ0n) is 12.9. The fourth-order valence-electron chi connectivity index (χ4n) is 2.52. The van der Waals surface area contributed by atoms with Crippen LogP contribution < -0.4 is 11.0 Å². The van der Waals surface area contributed by atoms with E-state index in [-0.39, 0.29) is 24.3 Å². The number of carbonyl (C=O) groups is 1. The SMILES string of the molecule is O=C(NCCn1c(=O)[nH]c2ccccc21)c1ccc(C(F)(F)F)cc1. The van der Waals surface area contributed by atoms with Crippen molar-refractivity contribution >= 4 is 16.9 Å². The molecule has 5 nitrogen and oxygen atoms in total. The highest BCUT2D eigenvalue weighted by Crippen LogP contribution is 2.29. The molecule has 130 valence electrons. The molecular formula is C17H14F3N3O2. The number of nitrogens with zero attached hydrogens (tertiary/aromatic N) is 1. The van der Waals surface area contributed by atoms with Gasteiger partial charge in [-0.2, -0.15) is 13.2 Å². The highest BCUT2D eigenvalue weighted by Gasteiger charge is 2.30. The molecule has 0 aliphatic heterocycles. The topological polar surface area (TPSA) is 66.9 Å². The van der Waals surface area contributed by atoms with Crippen molar-refractivity contribution in [1.82, 2.24) is 14.9 Å². The van der Waals surface area contributed by atoms with E-state index in [2.05, 4.69) is 10.3 Å². The van der Waals surface area contributed by atoms with Crippen molar-refractivity contribution in [2.45, 2.75) is 12.7 Å². The van der Waals surface area contributed by atoms with E-state index in [0.717, 1.165) is 29.8 Å². The molecule has 1 heterocycles. The smallest absolute Gasteiger partial charge is 0.350 e. The molecule has 0 saturated heterocycles. The fraction of sp³-hybridized carbons (Fsp3) is 0.176. The van der Waals surface area contributed by atoms with Gasteiger partial charge in [0, 0.05) is 18.7 Å². The summed E-state index contributed by atoms with van der Waals surface area (Å²) < 4.78 is 39.0. The second-order valence-corrected chi connectivity index (χ2v) is 5.43. The number of H-pyrrole nitrogens is 1. The summed E-state index contributed by atoms with van der Waals surface area (Å²) in [6.45, 7) is 0.414. The van der Waals surface area contributed by atoms with Crippen molar-refractivity contribution in [2.75, 3.05) is 6.54 Å². The van der Waals surface area contributed by atoms with E-state index in [9.17, 15) is 22.8 Å². The van der Waals surface area contributed by atoms with Gasteiger partial charge in [-0.1, -0.05) is 12.1 Å². The Bertz CT molecular complexity index is 956. The van der Waals surface area contributed by atoms with Crippen molar-refractivity contribution in [1.29, 1.82) is 0 Å². The number of fused-ring (bicyclic) bond motifs is 1. The lowest BCUT2D eigenvalue weighted by Crippen LogP contribution is -2.30. The quantitative estimate of drug-likeness (QED) is 0.761. The maximum Gasteiger partial charge on any atom is 0.416 e. The van der Waals surface area contributed by atoms with E-state index in [1.54, 1.807) is 24.3 Å². The van der Waals surface area contributed by atoms with Crippen LogP contribution in [-0.4, -0.2) is 22.0 Å². The molecule has 0 bridgehead atoms. The van der Waals surface area contributed by atoms with Gasteiger partial charge in [0.25, 0.3) is 5.91 Å². The van der Waals surface area contributed by atoms with Gasteiger partial charge in [-0.15, -0.1) is 0 Å². The molecule has 3 aromatic rings. The highest BCUT2D eigenvalue weighted by molar-refractivity contribution is 5.94. The number of alkyl halides is 3. The summed E-state index contributed by atoms with van der Waals surface area (Å²) in [5, 5.41) is 2.59. The van der Waals surface area contributed by atoms with E-state index in [4.69, 9.17) is 0 Å². The third kappa shape index (κ3) is 3.57. The second kappa shape index (κ2) is 6.46. The van der Waals surface area contributed by atoms with Gasteiger partial charge in [-0.3, -0.25) is 9.36 Å². The van der Waals surface area contributed by atoms with E-state index >= 15 is 0 Å². The Labute approximate surface area is 140 Å². The molecule has 0 fully saturated rings. The van der Waals surface area contributed by atoms with E-state index in [1.165, 1.54) is 4.57 Å². The van der Waals surface area contributed by atoms with Gasteiger partial charge in [0.05, 0.1) is 16.6 Å². The molecule has 0 unspecified atom stereocenters. The molecular weight excluding hydrogens is 335 g/mol. The molecule has 3 rings (SSSR count). The van der Waals surface area contributed by atoms with Crippen LogP contribution >= 0.6 is 0 Å². The summed E-state index contributed by atoms with van der Waals surface area (Å²) in [4.78, 5) is 26.6. The normalized spacial score (nSPS) is 11.6. The zero-order valence-corrected chi connectivity index (χ0v) is 12.9. The second-order valence-electron chi connectivity index (χ2n) is 5.43. The van der Waals surface area contributed by atoms with Crippen LogP contribution in [0.25, 0.3) is 11.0 Å². The first-order chi connectivity index (χ1) is 11.9. The van der Waals surface area contributed by atoms with Gasteiger partial charge in [-0.05, 0) is 36.4 Å². The predicted octanol–water partition coefficient (Wildman–Crippen LogP) is 2.78. The largest absolute Gasteiger partial charge is 0.416 e. The summed E-state index contributed by atoms with van der Waals surface area (Å²) >= 11 is 0. The van der Waals surface area contributed by atoms with Gasteiger partial charge >= 0.3 is 11.9 Å². The molecule has 2 N–H and O–H groups in total. The summed E-state index contributed by atoms with van der Waals surface area (Å²) in [6, 6.07) is 11.1. The van der Waals surface area contributed by atoms with Crippen molar-refractivity contribution in [3.05, 3.63) is 70.1 Å². The van der Waals surface area contributed by atoms with Gasteiger partial charge in [0.2, 0.25) is 0 Å². The molecule has 0 spiro atoms. The number of aromatic nitrogens is 2. The Morgan fingerprint density at radius 2 is 1.76 bits per heavy atom. The highest BCUT2D eigenvalue weighted by atomic mass is 19.4. The third-order valence-electron chi connectivity index (χ3n) is 3.78. The van der Waals surface area contributed by atoms with Crippen LogP contribution in [0.1, 0.15) is 15.9 Å². The zero-order chi connectivity index (χ0) is 18.0. The Morgan fingerprint density at radius 1 is 1.08 bits per heavy atom. The minimum absolute atomic E-state index is 0.124. The lowest BCUT2D eigenvalue weighted by atomic mass is 10.1. The monoisotopic (exact) mass is 349 g/mol. The number of halogens is 3. The summed E-state index contributed by atoms with van der Waals surface area (Å²) in [5.41, 5.74) is 0.441. The lowest BCUT2D eigenvalue weighted by Gasteiger charge is -2.09. The van der Waals surface area contributed by atoms with Crippen LogP contribution in [-0.2, 0) is 12.7 Å². The van der Waals surface area contributed by atoms with Crippen LogP contribution in [0.3, 0.4) is 0 Å². The van der Waals surface area contributed by atoms with Crippen LogP contribution in [0, 0.1) is 0 Å². The molecule has 1 aromatic heterocycles. The number of nitrogens with one attached hydrogen (secondary N) is 2. The van der Waals surface area contributed by atoms with Crippen molar-refractivity contribution in [3.63, 3.8) is 0 Å². The van der Waals surface area contributed by atoms with Crippen molar-refractivity contribution in [3.8, 4) is 0 Å². The number of para-hydroxylation sites is 2. The Kier molecular flexibility index (Phi) is 4.35. The molecule has 25 heavy (non-hydrogen) atoms. The minimum atomic E-state index is -4.44. The molecule has 0 saturated carbocycles. The Balaban J connectivity index is 1.64. The summed E-state index contributed by atoms with van der Waals surface area (Å²) in [5.74, 6) is -0.499. The molecule has 0 aliphatic rings. The molecule has 1 amide bonds. The molecule has 8 heteroatoms. The van der Waals surface area contributed by atoms with Crippen LogP contribution in [0.5, 0.6) is 0 Å². The van der Waals surface area contributed by atoms with Crippen molar-refractivity contribution < 1.29 is 18.0 Å². The fourth-order valence-corrected chi connectivity index (χ4v) is 2.52. The maximum absolute atomic E-state index is 12.5. The van der Waals surface area contributed by atoms with Gasteiger partial charge in [-0.25, -0.2) is 4.79 Å².